The fourth-order valence-corrected chi connectivity index (χ4v) is 3.53. The van der Waals surface area contributed by atoms with Gasteiger partial charge >= 0.3 is 12.1 Å². The summed E-state index contributed by atoms with van der Waals surface area (Å²) in [6.07, 6.45) is -5.19. The third kappa shape index (κ3) is 4.61. The van der Waals surface area contributed by atoms with E-state index in [-0.39, 0.29) is 17.6 Å². The van der Waals surface area contributed by atoms with Gasteiger partial charge < -0.3 is 15.2 Å². The van der Waals surface area contributed by atoms with Gasteiger partial charge in [-0.3, -0.25) is 5.41 Å². The Bertz CT molecular complexity index is 1090. The van der Waals surface area contributed by atoms with Crippen LogP contribution in [0.1, 0.15) is 11.1 Å². The van der Waals surface area contributed by atoms with Gasteiger partial charge in [-0.1, -0.05) is 42.5 Å². The highest BCUT2D eigenvalue weighted by molar-refractivity contribution is 14.1. The number of amidine groups is 1. The Labute approximate surface area is 177 Å². The third-order valence-corrected chi connectivity index (χ3v) is 5.06. The summed E-state index contributed by atoms with van der Waals surface area (Å²) in [6.45, 7) is 0.242. The number of carbonyl (C=O) groups excluding carboxylic acids is 1. The number of nitrogen functional groups attached to an aromatic ring is 1. The first-order valence-corrected chi connectivity index (χ1v) is 9.31. The van der Waals surface area contributed by atoms with Crippen molar-refractivity contribution in [2.75, 3.05) is 0 Å². The second-order valence-corrected chi connectivity index (χ2v) is 7.07. The van der Waals surface area contributed by atoms with E-state index in [1.807, 2.05) is 52.9 Å². The van der Waals surface area contributed by atoms with Crippen LogP contribution in [0.25, 0.3) is 10.8 Å². The first-order valence-electron chi connectivity index (χ1n) is 8.24. The Morgan fingerprint density at radius 3 is 2.34 bits per heavy atom. The molecule has 29 heavy (non-hydrogen) atoms. The standard InChI is InChI=1S/C20H14F3IN2O3/c21-20(22,23)19(27)29-17-13(18(25)26)8-6-12-7-9-14(16(24)15(12)17)28-10-11-4-2-1-3-5-11/h1-9H,10H2,(H3,25,26). The average Bonchev–Trinajstić information content (AvgIpc) is 2.67. The number of carbonyl (C=O) groups is 1. The lowest BCUT2D eigenvalue weighted by Gasteiger charge is -2.16. The first kappa shape index (κ1) is 20.9. The molecule has 0 aromatic heterocycles. The summed E-state index contributed by atoms with van der Waals surface area (Å²) in [5.41, 5.74) is 6.28. The quantitative estimate of drug-likeness (QED) is 0.169. The van der Waals surface area contributed by atoms with E-state index in [0.717, 1.165) is 5.56 Å². The second kappa shape index (κ2) is 8.27. The number of esters is 1. The summed E-state index contributed by atoms with van der Waals surface area (Å²) in [7, 11) is 0. The smallest absolute Gasteiger partial charge is 0.488 e. The highest BCUT2D eigenvalue weighted by Crippen LogP contribution is 2.39. The van der Waals surface area contributed by atoms with Crippen LogP contribution in [-0.2, 0) is 11.4 Å². The molecule has 0 aliphatic rings. The number of ether oxygens (including phenoxy) is 2. The zero-order chi connectivity index (χ0) is 21.2. The summed E-state index contributed by atoms with van der Waals surface area (Å²) in [4.78, 5) is 11.5. The van der Waals surface area contributed by atoms with Crippen LogP contribution in [0.5, 0.6) is 11.5 Å². The fraction of sp³-hybridized carbons (Fsp3) is 0.100. The maximum absolute atomic E-state index is 12.8. The second-order valence-electron chi connectivity index (χ2n) is 5.99. The van der Waals surface area contributed by atoms with Crippen LogP contribution in [-0.4, -0.2) is 18.0 Å². The van der Waals surface area contributed by atoms with Crippen molar-refractivity contribution >= 4 is 45.2 Å². The number of fused-ring (bicyclic) bond motifs is 1. The molecule has 3 aromatic carbocycles. The molecule has 0 saturated carbocycles. The van der Waals surface area contributed by atoms with Crippen molar-refractivity contribution in [1.82, 2.24) is 0 Å². The minimum absolute atomic E-state index is 0.117. The highest BCUT2D eigenvalue weighted by atomic mass is 127. The van der Waals surface area contributed by atoms with Crippen molar-refractivity contribution in [1.29, 1.82) is 5.41 Å². The number of benzene rings is 3. The molecule has 150 valence electrons. The van der Waals surface area contributed by atoms with Gasteiger partial charge in [0.05, 0.1) is 9.13 Å². The Balaban J connectivity index is 2.09. The molecule has 3 N–H and O–H groups in total. The van der Waals surface area contributed by atoms with Gasteiger partial charge in [-0.25, -0.2) is 4.79 Å². The number of alkyl halides is 3. The van der Waals surface area contributed by atoms with E-state index in [1.54, 1.807) is 18.2 Å². The van der Waals surface area contributed by atoms with E-state index in [9.17, 15) is 18.0 Å². The predicted octanol–water partition coefficient (Wildman–Crippen LogP) is 4.78. The molecule has 0 atom stereocenters. The van der Waals surface area contributed by atoms with E-state index in [2.05, 4.69) is 4.74 Å². The Morgan fingerprint density at radius 1 is 1.07 bits per heavy atom. The predicted molar refractivity (Wildman–Crippen MR) is 110 cm³/mol. The van der Waals surface area contributed by atoms with Gasteiger partial charge in [0.1, 0.15) is 18.2 Å². The molecule has 0 bridgehead atoms. The molecule has 0 heterocycles. The fourth-order valence-electron chi connectivity index (χ4n) is 2.64. The van der Waals surface area contributed by atoms with Gasteiger partial charge in [-0.2, -0.15) is 13.2 Å². The third-order valence-electron chi connectivity index (χ3n) is 3.99. The Kier molecular flexibility index (Phi) is 5.96. The lowest BCUT2D eigenvalue weighted by molar-refractivity contribution is -0.189. The van der Waals surface area contributed by atoms with Crippen LogP contribution in [0.2, 0.25) is 0 Å². The number of hydrogen-bond acceptors (Lipinski definition) is 4. The van der Waals surface area contributed by atoms with E-state index >= 15 is 0 Å². The van der Waals surface area contributed by atoms with Gasteiger partial charge in [0.2, 0.25) is 0 Å². The van der Waals surface area contributed by atoms with Crippen LogP contribution < -0.4 is 15.2 Å². The molecule has 0 unspecified atom stereocenters. The maximum atomic E-state index is 12.8. The number of rotatable bonds is 5. The van der Waals surface area contributed by atoms with Crippen molar-refractivity contribution in [3.63, 3.8) is 0 Å². The van der Waals surface area contributed by atoms with Crippen molar-refractivity contribution in [2.24, 2.45) is 5.73 Å². The minimum Gasteiger partial charge on any atom is -0.488 e. The molecule has 9 heteroatoms. The van der Waals surface area contributed by atoms with Crippen LogP contribution >= 0.6 is 22.6 Å². The zero-order valence-electron chi connectivity index (χ0n) is 14.7. The normalized spacial score (nSPS) is 11.3. The zero-order valence-corrected chi connectivity index (χ0v) is 16.9. The largest absolute Gasteiger partial charge is 0.491 e. The van der Waals surface area contributed by atoms with Gasteiger partial charge in [0, 0.05) is 5.39 Å². The summed E-state index contributed by atoms with van der Waals surface area (Å²) in [5.74, 6) is -2.94. The number of hydrogen-bond donors (Lipinski definition) is 2. The van der Waals surface area contributed by atoms with Crippen molar-refractivity contribution in [2.45, 2.75) is 12.8 Å². The van der Waals surface area contributed by atoms with Crippen LogP contribution in [0.4, 0.5) is 13.2 Å². The molecule has 0 saturated heterocycles. The SMILES string of the molecule is N=C(N)c1ccc2ccc(OCc3ccccc3)c(I)c2c1OC(=O)C(F)(F)F. The highest BCUT2D eigenvalue weighted by Gasteiger charge is 2.42. The molecule has 0 aliphatic carbocycles. The summed E-state index contributed by atoms with van der Waals surface area (Å²) in [5, 5.41) is 8.36. The first-order chi connectivity index (χ1) is 13.7. The van der Waals surface area contributed by atoms with Crippen LogP contribution in [0.3, 0.4) is 0 Å². The van der Waals surface area contributed by atoms with E-state index < -0.39 is 23.7 Å². The summed E-state index contributed by atoms with van der Waals surface area (Å²) >= 11 is 1.91. The van der Waals surface area contributed by atoms with Gasteiger partial charge in [-0.15, -0.1) is 0 Å². The van der Waals surface area contributed by atoms with E-state index in [0.29, 0.717) is 14.7 Å². The number of nitrogens with one attached hydrogen (secondary N) is 1. The van der Waals surface area contributed by atoms with E-state index in [4.69, 9.17) is 15.9 Å². The number of nitrogens with two attached hydrogens (primary N) is 1. The monoisotopic (exact) mass is 514 g/mol. The van der Waals surface area contributed by atoms with Gasteiger partial charge in [-0.05, 0) is 45.7 Å². The van der Waals surface area contributed by atoms with Gasteiger partial charge in [0.15, 0.2) is 5.75 Å². The minimum atomic E-state index is -5.19. The molecule has 0 spiro atoms. The summed E-state index contributed by atoms with van der Waals surface area (Å²) in [6, 6.07) is 15.6. The Hall–Kier alpha value is -2.82. The molecular formula is C20H14F3IN2O3. The molecule has 0 aliphatic heterocycles. The average molecular weight is 514 g/mol. The lowest BCUT2D eigenvalue weighted by Crippen LogP contribution is -2.29. The van der Waals surface area contributed by atoms with Crippen LogP contribution in [0.15, 0.2) is 54.6 Å². The van der Waals surface area contributed by atoms with Crippen molar-refractivity contribution in [3.05, 3.63) is 69.3 Å². The molecule has 5 nitrogen and oxygen atoms in total. The summed E-state index contributed by atoms with van der Waals surface area (Å²) < 4.78 is 49.2. The molecule has 3 rings (SSSR count). The molecule has 3 aromatic rings. The Morgan fingerprint density at radius 2 is 1.72 bits per heavy atom. The van der Waals surface area contributed by atoms with Crippen molar-refractivity contribution < 1.29 is 27.4 Å². The molecule has 0 radical (unpaired) electrons. The van der Waals surface area contributed by atoms with E-state index in [1.165, 1.54) is 6.07 Å². The number of halogens is 4. The molecule has 0 fully saturated rings. The maximum Gasteiger partial charge on any atom is 0.491 e. The molecule has 0 amide bonds. The molecular weight excluding hydrogens is 500 g/mol. The topological polar surface area (TPSA) is 85.4 Å². The van der Waals surface area contributed by atoms with Crippen LogP contribution in [0, 0.1) is 8.98 Å². The van der Waals surface area contributed by atoms with Crippen molar-refractivity contribution in [3.8, 4) is 11.5 Å². The lowest BCUT2D eigenvalue weighted by atomic mass is 10.0. The van der Waals surface area contributed by atoms with Gasteiger partial charge in [0.25, 0.3) is 0 Å².